The molecule has 2 heterocycles. The molecule has 0 aliphatic carbocycles. The number of benzene rings is 1. The summed E-state index contributed by atoms with van der Waals surface area (Å²) in [5, 5.41) is 0. The minimum absolute atomic E-state index is 0.705. The summed E-state index contributed by atoms with van der Waals surface area (Å²) < 4.78 is 0. The first-order chi connectivity index (χ1) is 10.7. The van der Waals surface area contributed by atoms with Gasteiger partial charge in [0, 0.05) is 26.1 Å². The zero-order valence-electron chi connectivity index (χ0n) is 13.3. The summed E-state index contributed by atoms with van der Waals surface area (Å²) in [4.78, 5) is 14.7. The van der Waals surface area contributed by atoms with Crippen LogP contribution < -0.4 is 5.73 Å². The number of aromatic nitrogens is 2. The number of hydrogen-bond donors (Lipinski definition) is 2. The number of nitrogens with two attached hydrogens (primary N) is 1. The predicted molar refractivity (Wildman–Crippen MR) is 90.9 cm³/mol. The van der Waals surface area contributed by atoms with Crippen molar-refractivity contribution in [2.24, 2.45) is 16.6 Å². The molecule has 5 nitrogen and oxygen atoms in total. The third-order valence-electron chi connectivity index (χ3n) is 4.39. The van der Waals surface area contributed by atoms with Gasteiger partial charge in [0.25, 0.3) is 0 Å². The van der Waals surface area contributed by atoms with Gasteiger partial charge >= 0.3 is 0 Å². The van der Waals surface area contributed by atoms with Crippen molar-refractivity contribution < 1.29 is 0 Å². The van der Waals surface area contributed by atoms with Crippen LogP contribution in [0, 0.1) is 5.92 Å². The number of aromatic amines is 1. The normalized spacial score (nSPS) is 17.3. The highest BCUT2D eigenvalue weighted by molar-refractivity contribution is 5.78. The van der Waals surface area contributed by atoms with Gasteiger partial charge in [0.05, 0.1) is 11.0 Å². The highest BCUT2D eigenvalue weighted by atomic mass is 15.3. The second-order valence-corrected chi connectivity index (χ2v) is 6.21. The molecular weight excluding hydrogens is 274 g/mol. The van der Waals surface area contributed by atoms with Gasteiger partial charge < -0.3 is 15.6 Å². The van der Waals surface area contributed by atoms with E-state index in [4.69, 9.17) is 5.73 Å². The van der Waals surface area contributed by atoms with Crippen LogP contribution in [-0.4, -0.2) is 40.5 Å². The molecule has 1 aliphatic rings. The Morgan fingerprint density at radius 3 is 2.91 bits per heavy atom. The Hall–Kier alpha value is -2.04. The fourth-order valence-electron chi connectivity index (χ4n) is 2.90. The van der Waals surface area contributed by atoms with Crippen LogP contribution in [0.15, 0.2) is 29.3 Å². The molecule has 0 radical (unpaired) electrons. The number of guanidine groups is 1. The van der Waals surface area contributed by atoms with E-state index in [1.165, 1.54) is 12.8 Å². The van der Waals surface area contributed by atoms with E-state index in [9.17, 15) is 0 Å². The van der Waals surface area contributed by atoms with Crippen molar-refractivity contribution in [1.29, 1.82) is 0 Å². The predicted octanol–water partition coefficient (Wildman–Crippen LogP) is 2.54. The fourth-order valence-corrected chi connectivity index (χ4v) is 2.90. The van der Waals surface area contributed by atoms with Crippen LogP contribution in [-0.2, 0) is 6.42 Å². The van der Waals surface area contributed by atoms with Crippen molar-refractivity contribution in [3.05, 3.63) is 30.1 Å². The van der Waals surface area contributed by atoms with E-state index in [1.807, 2.05) is 18.2 Å². The quantitative estimate of drug-likeness (QED) is 0.518. The summed E-state index contributed by atoms with van der Waals surface area (Å²) >= 11 is 0. The molecule has 5 heteroatoms. The van der Waals surface area contributed by atoms with E-state index < -0.39 is 0 Å². The van der Waals surface area contributed by atoms with Gasteiger partial charge in [-0.1, -0.05) is 19.1 Å². The SMILES string of the molecule is CC1CCN(C(N)=NCCCc2nc3ccccc3[nH]2)CC1. The molecule has 118 valence electrons. The Morgan fingerprint density at radius 1 is 1.36 bits per heavy atom. The molecule has 22 heavy (non-hydrogen) atoms. The minimum Gasteiger partial charge on any atom is -0.370 e. The number of rotatable bonds is 4. The Labute approximate surface area is 131 Å². The zero-order valence-corrected chi connectivity index (χ0v) is 13.3. The summed E-state index contributed by atoms with van der Waals surface area (Å²) in [6.45, 7) is 5.15. The lowest BCUT2D eigenvalue weighted by Gasteiger charge is -2.31. The number of para-hydroxylation sites is 2. The van der Waals surface area contributed by atoms with Gasteiger partial charge in [-0.2, -0.15) is 0 Å². The number of aryl methyl sites for hydroxylation is 1. The number of imidazole rings is 1. The van der Waals surface area contributed by atoms with Gasteiger partial charge in [-0.25, -0.2) is 4.98 Å². The lowest BCUT2D eigenvalue weighted by atomic mass is 10.00. The van der Waals surface area contributed by atoms with Gasteiger partial charge in [-0.3, -0.25) is 4.99 Å². The number of piperidine rings is 1. The first-order valence-corrected chi connectivity index (χ1v) is 8.21. The second kappa shape index (κ2) is 6.81. The second-order valence-electron chi connectivity index (χ2n) is 6.21. The summed E-state index contributed by atoms with van der Waals surface area (Å²) in [6, 6.07) is 8.12. The maximum Gasteiger partial charge on any atom is 0.191 e. The van der Waals surface area contributed by atoms with Crippen LogP contribution in [0.5, 0.6) is 0 Å². The van der Waals surface area contributed by atoms with Crippen LogP contribution in [0.3, 0.4) is 0 Å². The molecule has 0 unspecified atom stereocenters. The van der Waals surface area contributed by atoms with Crippen molar-refractivity contribution in [1.82, 2.24) is 14.9 Å². The number of nitrogens with one attached hydrogen (secondary N) is 1. The molecule has 0 saturated carbocycles. The Kier molecular flexibility index (Phi) is 4.61. The Morgan fingerprint density at radius 2 is 2.14 bits per heavy atom. The highest BCUT2D eigenvalue weighted by Gasteiger charge is 2.16. The van der Waals surface area contributed by atoms with Gasteiger partial charge in [0.2, 0.25) is 0 Å². The molecule has 0 atom stereocenters. The first kappa shape index (κ1) is 14.9. The molecule has 2 aromatic rings. The van der Waals surface area contributed by atoms with E-state index >= 15 is 0 Å². The molecule has 1 aromatic carbocycles. The zero-order chi connectivity index (χ0) is 15.4. The molecule has 1 saturated heterocycles. The number of nitrogens with zero attached hydrogens (tertiary/aromatic N) is 3. The average Bonchev–Trinajstić information content (AvgIpc) is 2.95. The van der Waals surface area contributed by atoms with Crippen molar-refractivity contribution in [3.8, 4) is 0 Å². The van der Waals surface area contributed by atoms with Gasteiger partial charge in [0.1, 0.15) is 5.82 Å². The van der Waals surface area contributed by atoms with Crippen LogP contribution in [0.25, 0.3) is 11.0 Å². The monoisotopic (exact) mass is 299 g/mol. The van der Waals surface area contributed by atoms with E-state index in [0.717, 1.165) is 55.3 Å². The van der Waals surface area contributed by atoms with Crippen molar-refractivity contribution >= 4 is 17.0 Å². The maximum atomic E-state index is 6.09. The topological polar surface area (TPSA) is 70.3 Å². The van der Waals surface area contributed by atoms with E-state index in [1.54, 1.807) is 0 Å². The third kappa shape index (κ3) is 3.59. The molecule has 1 aliphatic heterocycles. The first-order valence-electron chi connectivity index (χ1n) is 8.21. The van der Waals surface area contributed by atoms with Crippen LogP contribution in [0.1, 0.15) is 32.0 Å². The number of likely N-dealkylation sites (tertiary alicyclic amines) is 1. The lowest BCUT2D eigenvalue weighted by molar-refractivity contribution is 0.277. The standard InChI is InChI=1S/C17H25N5/c1-13-8-11-22(12-9-13)17(18)19-10-4-7-16-20-14-5-2-3-6-15(14)21-16/h2-3,5-6,13H,4,7-12H2,1H3,(H2,18,19)(H,20,21). The molecule has 1 fully saturated rings. The molecule has 3 rings (SSSR count). The molecule has 0 bridgehead atoms. The van der Waals surface area contributed by atoms with Crippen molar-refractivity contribution in [2.75, 3.05) is 19.6 Å². The van der Waals surface area contributed by atoms with Crippen molar-refractivity contribution in [2.45, 2.75) is 32.6 Å². The molecule has 1 aromatic heterocycles. The number of aliphatic imine (C=N–C) groups is 1. The van der Waals surface area contributed by atoms with Gasteiger partial charge in [-0.15, -0.1) is 0 Å². The summed E-state index contributed by atoms with van der Waals surface area (Å²) in [7, 11) is 0. The summed E-state index contributed by atoms with van der Waals surface area (Å²) in [6.07, 6.45) is 4.30. The minimum atomic E-state index is 0.705. The van der Waals surface area contributed by atoms with Crippen molar-refractivity contribution in [3.63, 3.8) is 0 Å². The Bertz CT molecular complexity index is 604. The summed E-state index contributed by atoms with van der Waals surface area (Å²) in [5.74, 6) is 2.55. The van der Waals surface area contributed by atoms with Gasteiger partial charge in [-0.05, 0) is 37.3 Å². The van der Waals surface area contributed by atoms with E-state index in [0.29, 0.717) is 5.96 Å². The van der Waals surface area contributed by atoms with Crippen LogP contribution in [0.2, 0.25) is 0 Å². The highest BCUT2D eigenvalue weighted by Crippen LogP contribution is 2.15. The number of fused-ring (bicyclic) bond motifs is 1. The fraction of sp³-hybridized carbons (Fsp3) is 0.529. The third-order valence-corrected chi connectivity index (χ3v) is 4.39. The van der Waals surface area contributed by atoms with E-state index in [2.05, 4.69) is 32.9 Å². The smallest absolute Gasteiger partial charge is 0.191 e. The number of hydrogen-bond acceptors (Lipinski definition) is 2. The van der Waals surface area contributed by atoms with Crippen LogP contribution in [0.4, 0.5) is 0 Å². The van der Waals surface area contributed by atoms with Gasteiger partial charge in [0.15, 0.2) is 5.96 Å². The largest absolute Gasteiger partial charge is 0.370 e. The molecular formula is C17H25N5. The lowest BCUT2D eigenvalue weighted by Crippen LogP contribution is -2.42. The molecule has 0 spiro atoms. The van der Waals surface area contributed by atoms with E-state index in [-0.39, 0.29) is 0 Å². The summed E-state index contributed by atoms with van der Waals surface area (Å²) in [5.41, 5.74) is 8.22. The molecule has 0 amide bonds. The molecule has 3 N–H and O–H groups in total. The Balaban J connectivity index is 1.47. The maximum absolute atomic E-state index is 6.09. The number of H-pyrrole nitrogens is 1. The average molecular weight is 299 g/mol. The van der Waals surface area contributed by atoms with Crippen LogP contribution >= 0.6 is 0 Å².